The van der Waals surface area contributed by atoms with Gasteiger partial charge in [-0.15, -0.1) is 0 Å². The van der Waals surface area contributed by atoms with Crippen LogP contribution in [0.2, 0.25) is 0 Å². The number of nitro benzene ring substituents is 1. The number of aromatic nitrogens is 2. The van der Waals surface area contributed by atoms with Crippen LogP contribution in [0, 0.1) is 24.0 Å². The SMILES string of the molecule is Cc1cc([C@H]2[C@@H](c3ccccn3)NC(=S)N2c2ccc(Sc3ccc([N+](=O)[O-])cc3)cc2)c(C)n1C1CC1. The van der Waals surface area contributed by atoms with Gasteiger partial charge in [-0.2, -0.15) is 0 Å². The van der Waals surface area contributed by atoms with E-state index in [-0.39, 0.29) is 22.7 Å². The number of pyridine rings is 1. The van der Waals surface area contributed by atoms with Crippen molar-refractivity contribution in [3.63, 3.8) is 0 Å². The van der Waals surface area contributed by atoms with Crippen LogP contribution in [-0.4, -0.2) is 19.6 Å². The molecule has 192 valence electrons. The molecule has 1 aliphatic carbocycles. The van der Waals surface area contributed by atoms with Crippen LogP contribution < -0.4 is 10.2 Å². The normalized spacial score (nSPS) is 19.0. The van der Waals surface area contributed by atoms with Crippen molar-refractivity contribution in [3.8, 4) is 0 Å². The molecular weight excluding hydrogens is 514 g/mol. The number of anilines is 1. The van der Waals surface area contributed by atoms with E-state index >= 15 is 0 Å². The molecule has 3 heterocycles. The average molecular weight is 542 g/mol. The third kappa shape index (κ3) is 4.56. The summed E-state index contributed by atoms with van der Waals surface area (Å²) in [5.41, 5.74) is 5.90. The number of benzene rings is 2. The number of hydrogen-bond donors (Lipinski definition) is 1. The Balaban J connectivity index is 1.34. The fourth-order valence-corrected chi connectivity index (χ4v) is 6.55. The first-order valence-electron chi connectivity index (χ1n) is 12.6. The Hall–Kier alpha value is -3.69. The predicted molar refractivity (Wildman–Crippen MR) is 154 cm³/mol. The number of hydrogen-bond acceptors (Lipinski definition) is 5. The summed E-state index contributed by atoms with van der Waals surface area (Å²) in [6, 6.07) is 23.8. The minimum atomic E-state index is -0.382. The molecule has 2 aromatic carbocycles. The summed E-state index contributed by atoms with van der Waals surface area (Å²) in [7, 11) is 0. The fourth-order valence-electron chi connectivity index (χ4n) is 5.39. The lowest BCUT2D eigenvalue weighted by Gasteiger charge is -2.28. The molecule has 0 bridgehead atoms. The number of rotatable bonds is 7. The Bertz CT molecular complexity index is 1500. The molecule has 0 spiro atoms. The second kappa shape index (κ2) is 9.89. The van der Waals surface area contributed by atoms with Crippen molar-refractivity contribution in [3.05, 3.63) is 112 Å². The minimum Gasteiger partial charge on any atom is -0.351 e. The minimum absolute atomic E-state index is 0.0377. The van der Waals surface area contributed by atoms with Gasteiger partial charge in [-0.05, 0) is 99.1 Å². The molecule has 0 unspecified atom stereocenters. The standard InChI is InChI=1S/C29H27N5O2S2/c1-18-17-25(19(2)32(18)20-6-7-20)28-27(26-5-3-4-16-30-26)31-29(37)33(28)21-8-12-23(13-9-21)38-24-14-10-22(11-15-24)34(35)36/h3-5,8-17,20,27-28H,6-7H2,1-2H3,(H,31,37)/t27-,28+/m1/s1. The molecule has 4 aromatic rings. The molecule has 2 aliphatic rings. The monoisotopic (exact) mass is 541 g/mol. The van der Waals surface area contributed by atoms with Crippen molar-refractivity contribution in [2.75, 3.05) is 4.90 Å². The summed E-state index contributed by atoms with van der Waals surface area (Å²) >= 11 is 7.48. The zero-order valence-electron chi connectivity index (χ0n) is 21.1. The molecule has 1 saturated heterocycles. The average Bonchev–Trinajstić information content (AvgIpc) is 3.63. The Labute approximate surface area is 231 Å². The smallest absolute Gasteiger partial charge is 0.269 e. The van der Waals surface area contributed by atoms with Crippen molar-refractivity contribution in [2.24, 2.45) is 0 Å². The summed E-state index contributed by atoms with van der Waals surface area (Å²) < 4.78 is 2.48. The van der Waals surface area contributed by atoms with Crippen molar-refractivity contribution >= 4 is 40.5 Å². The van der Waals surface area contributed by atoms with Crippen LogP contribution in [-0.2, 0) is 0 Å². The maximum Gasteiger partial charge on any atom is 0.269 e. The predicted octanol–water partition coefficient (Wildman–Crippen LogP) is 7.07. The first-order valence-corrected chi connectivity index (χ1v) is 13.8. The van der Waals surface area contributed by atoms with Gasteiger partial charge < -0.3 is 14.8 Å². The van der Waals surface area contributed by atoms with E-state index in [9.17, 15) is 10.1 Å². The number of aryl methyl sites for hydroxylation is 1. The van der Waals surface area contributed by atoms with Crippen molar-refractivity contribution < 1.29 is 4.92 Å². The van der Waals surface area contributed by atoms with Crippen molar-refractivity contribution in [2.45, 2.75) is 54.6 Å². The molecule has 1 aliphatic heterocycles. The Morgan fingerprint density at radius 3 is 2.32 bits per heavy atom. The molecule has 2 atom stereocenters. The van der Waals surface area contributed by atoms with Crippen LogP contribution in [0.1, 0.15) is 53.6 Å². The number of nitro groups is 1. The van der Waals surface area contributed by atoms with Crippen LogP contribution in [0.4, 0.5) is 11.4 Å². The van der Waals surface area contributed by atoms with Crippen LogP contribution >= 0.6 is 24.0 Å². The third-order valence-corrected chi connectivity index (χ3v) is 8.58. The van der Waals surface area contributed by atoms with E-state index in [1.54, 1.807) is 23.9 Å². The molecule has 38 heavy (non-hydrogen) atoms. The van der Waals surface area contributed by atoms with Crippen LogP contribution in [0.3, 0.4) is 0 Å². The summed E-state index contributed by atoms with van der Waals surface area (Å²) in [5.74, 6) is 0. The fraction of sp³-hybridized carbons (Fsp3) is 0.241. The quantitative estimate of drug-likeness (QED) is 0.152. The molecule has 1 saturated carbocycles. The topological polar surface area (TPSA) is 76.2 Å². The van der Waals surface area contributed by atoms with Gasteiger partial charge in [0.2, 0.25) is 0 Å². The van der Waals surface area contributed by atoms with Crippen LogP contribution in [0.25, 0.3) is 0 Å². The van der Waals surface area contributed by atoms with Gasteiger partial charge in [0.15, 0.2) is 5.11 Å². The molecule has 2 fully saturated rings. The molecule has 1 N–H and O–H groups in total. The van der Waals surface area contributed by atoms with Crippen LogP contribution in [0.5, 0.6) is 0 Å². The molecular formula is C29H27N5O2S2. The van der Waals surface area contributed by atoms with E-state index in [1.165, 1.54) is 41.9 Å². The summed E-state index contributed by atoms with van der Waals surface area (Å²) in [6.07, 6.45) is 4.30. The summed E-state index contributed by atoms with van der Waals surface area (Å²) in [5, 5.41) is 15.2. The summed E-state index contributed by atoms with van der Waals surface area (Å²) in [4.78, 5) is 19.5. The molecule has 2 aromatic heterocycles. The van der Waals surface area contributed by atoms with Gasteiger partial charge in [-0.3, -0.25) is 15.1 Å². The van der Waals surface area contributed by atoms with Gasteiger partial charge in [0.05, 0.1) is 22.7 Å². The number of nitrogens with one attached hydrogen (secondary N) is 1. The first-order chi connectivity index (χ1) is 18.4. The second-order valence-corrected chi connectivity index (χ2v) is 11.3. The highest BCUT2D eigenvalue weighted by molar-refractivity contribution is 7.99. The van der Waals surface area contributed by atoms with E-state index < -0.39 is 0 Å². The maximum atomic E-state index is 11.0. The molecule has 7 nitrogen and oxygen atoms in total. The van der Waals surface area contributed by atoms with Crippen molar-refractivity contribution in [1.82, 2.24) is 14.9 Å². The first kappa shape index (κ1) is 24.6. The zero-order valence-corrected chi connectivity index (χ0v) is 22.7. The summed E-state index contributed by atoms with van der Waals surface area (Å²) in [6.45, 7) is 4.42. The van der Waals surface area contributed by atoms with E-state index in [1.807, 2.05) is 18.3 Å². The van der Waals surface area contributed by atoms with E-state index in [4.69, 9.17) is 12.2 Å². The van der Waals surface area contributed by atoms with Crippen molar-refractivity contribution in [1.29, 1.82) is 0 Å². The highest BCUT2D eigenvalue weighted by Crippen LogP contribution is 2.46. The van der Waals surface area contributed by atoms with Gasteiger partial charge in [-0.25, -0.2) is 0 Å². The molecule has 6 rings (SSSR count). The largest absolute Gasteiger partial charge is 0.351 e. The number of thiocarbonyl (C=S) groups is 1. The van der Waals surface area contributed by atoms with Gasteiger partial charge >= 0.3 is 0 Å². The third-order valence-electron chi connectivity index (χ3n) is 7.25. The van der Waals surface area contributed by atoms with Gasteiger partial charge in [0, 0.05) is 51.2 Å². The Kier molecular flexibility index (Phi) is 6.41. The number of nitrogens with zero attached hydrogens (tertiary/aromatic N) is 4. The second-order valence-electron chi connectivity index (χ2n) is 9.77. The van der Waals surface area contributed by atoms with Gasteiger partial charge in [0.1, 0.15) is 0 Å². The Morgan fingerprint density at radius 1 is 1.03 bits per heavy atom. The number of non-ortho nitro benzene ring substituents is 1. The molecule has 0 amide bonds. The van der Waals surface area contributed by atoms with E-state index in [0.29, 0.717) is 11.2 Å². The van der Waals surface area contributed by atoms with E-state index in [0.717, 1.165) is 21.2 Å². The molecule has 9 heteroatoms. The lowest BCUT2D eigenvalue weighted by Crippen LogP contribution is -2.29. The highest BCUT2D eigenvalue weighted by Gasteiger charge is 2.43. The van der Waals surface area contributed by atoms with Gasteiger partial charge in [-0.1, -0.05) is 17.8 Å². The lowest BCUT2D eigenvalue weighted by atomic mass is 9.96. The van der Waals surface area contributed by atoms with E-state index in [2.05, 4.69) is 70.0 Å². The lowest BCUT2D eigenvalue weighted by molar-refractivity contribution is -0.384. The highest BCUT2D eigenvalue weighted by atomic mass is 32.2. The zero-order chi connectivity index (χ0) is 26.4. The Morgan fingerprint density at radius 2 is 1.71 bits per heavy atom. The van der Waals surface area contributed by atoms with Crippen LogP contribution in [0.15, 0.2) is 88.8 Å². The maximum absolute atomic E-state index is 11.0. The molecule has 0 radical (unpaired) electrons. The van der Waals surface area contributed by atoms with Gasteiger partial charge in [0.25, 0.3) is 5.69 Å².